The third-order valence-electron chi connectivity index (χ3n) is 3.66. The monoisotopic (exact) mass is 313 g/mol. The summed E-state index contributed by atoms with van der Waals surface area (Å²) in [5, 5.41) is 2.69. The first kappa shape index (κ1) is 16.7. The van der Waals surface area contributed by atoms with Crippen molar-refractivity contribution in [3.8, 4) is 0 Å². The van der Waals surface area contributed by atoms with Gasteiger partial charge in [-0.05, 0) is 43.5 Å². The van der Waals surface area contributed by atoms with E-state index in [1.54, 1.807) is 30.4 Å². The molecule has 0 fully saturated rings. The maximum atomic E-state index is 13.6. The molecule has 2 aromatic rings. The zero-order valence-corrected chi connectivity index (χ0v) is 13.4. The van der Waals surface area contributed by atoms with Crippen LogP contribution in [0.15, 0.2) is 47.4 Å². The SMILES string of the molecule is C=CCNC(=O)c1oc(/C=C\Cc2ccccc2F)c(C)c1C. The van der Waals surface area contributed by atoms with Crippen LogP contribution in [0.4, 0.5) is 4.39 Å². The first-order valence-corrected chi connectivity index (χ1v) is 7.43. The number of halogens is 1. The van der Waals surface area contributed by atoms with Crippen molar-refractivity contribution >= 4 is 12.0 Å². The van der Waals surface area contributed by atoms with Gasteiger partial charge >= 0.3 is 0 Å². The number of furan rings is 1. The third kappa shape index (κ3) is 3.97. The van der Waals surface area contributed by atoms with E-state index >= 15 is 0 Å². The van der Waals surface area contributed by atoms with Gasteiger partial charge in [-0.25, -0.2) is 4.39 Å². The maximum absolute atomic E-state index is 13.6. The minimum atomic E-state index is -0.265. The Morgan fingerprint density at radius 1 is 1.30 bits per heavy atom. The van der Waals surface area contributed by atoms with Gasteiger partial charge in [-0.2, -0.15) is 0 Å². The summed E-state index contributed by atoms with van der Waals surface area (Å²) in [6.45, 7) is 7.68. The van der Waals surface area contributed by atoms with Crippen molar-refractivity contribution in [2.75, 3.05) is 6.54 Å². The van der Waals surface area contributed by atoms with Gasteiger partial charge in [0, 0.05) is 12.1 Å². The predicted molar refractivity (Wildman–Crippen MR) is 89.9 cm³/mol. The first-order chi connectivity index (χ1) is 11.0. The second kappa shape index (κ2) is 7.58. The molecule has 0 spiro atoms. The van der Waals surface area contributed by atoms with E-state index in [9.17, 15) is 9.18 Å². The lowest BCUT2D eigenvalue weighted by molar-refractivity contribution is 0.0929. The lowest BCUT2D eigenvalue weighted by Crippen LogP contribution is -2.23. The summed E-state index contributed by atoms with van der Waals surface area (Å²) in [5.74, 6) is 0.422. The number of allylic oxidation sites excluding steroid dienone is 1. The molecule has 0 atom stereocenters. The van der Waals surface area contributed by atoms with Gasteiger partial charge in [0.15, 0.2) is 5.76 Å². The molecule has 0 aliphatic heterocycles. The molecule has 0 bridgehead atoms. The van der Waals surface area contributed by atoms with Crippen LogP contribution in [-0.2, 0) is 6.42 Å². The molecule has 0 aliphatic rings. The molecule has 3 nitrogen and oxygen atoms in total. The van der Waals surface area contributed by atoms with E-state index in [4.69, 9.17) is 4.42 Å². The van der Waals surface area contributed by atoms with Crippen LogP contribution in [0.3, 0.4) is 0 Å². The topological polar surface area (TPSA) is 42.2 Å². The number of amides is 1. The van der Waals surface area contributed by atoms with E-state index in [2.05, 4.69) is 11.9 Å². The summed E-state index contributed by atoms with van der Waals surface area (Å²) >= 11 is 0. The number of carbonyl (C=O) groups is 1. The molecule has 120 valence electrons. The van der Waals surface area contributed by atoms with Crippen molar-refractivity contribution in [3.05, 3.63) is 77.0 Å². The highest BCUT2D eigenvalue weighted by Crippen LogP contribution is 2.23. The number of hydrogen-bond donors (Lipinski definition) is 1. The zero-order chi connectivity index (χ0) is 16.8. The number of rotatable bonds is 6. The Balaban J connectivity index is 2.14. The van der Waals surface area contributed by atoms with Crippen LogP contribution in [0.5, 0.6) is 0 Å². The van der Waals surface area contributed by atoms with E-state index in [0.717, 1.165) is 11.1 Å². The van der Waals surface area contributed by atoms with E-state index in [1.165, 1.54) is 6.07 Å². The number of benzene rings is 1. The van der Waals surface area contributed by atoms with Gasteiger partial charge in [0.05, 0.1) is 0 Å². The van der Waals surface area contributed by atoms with E-state index < -0.39 is 0 Å². The standard InChI is InChI=1S/C19H20FNO2/c1-4-12-21-19(22)18-14(3)13(2)17(23-18)11-7-9-15-8-5-6-10-16(15)20/h4-8,10-11H,1,9,12H2,2-3H3,(H,21,22)/b11-7-. The minimum Gasteiger partial charge on any atom is -0.451 e. The van der Waals surface area contributed by atoms with Gasteiger partial charge in [0.25, 0.3) is 5.91 Å². The molecule has 1 heterocycles. The third-order valence-corrected chi connectivity index (χ3v) is 3.66. The zero-order valence-electron chi connectivity index (χ0n) is 13.4. The van der Waals surface area contributed by atoms with Crippen LogP contribution in [0, 0.1) is 19.7 Å². The van der Waals surface area contributed by atoms with Crippen LogP contribution in [0.25, 0.3) is 6.08 Å². The van der Waals surface area contributed by atoms with E-state index in [0.29, 0.717) is 30.0 Å². The summed E-state index contributed by atoms with van der Waals surface area (Å²) in [7, 11) is 0. The van der Waals surface area contributed by atoms with Gasteiger partial charge in [0.2, 0.25) is 0 Å². The smallest absolute Gasteiger partial charge is 0.287 e. The molecule has 0 unspecified atom stereocenters. The Morgan fingerprint density at radius 3 is 2.74 bits per heavy atom. The molecule has 1 amide bonds. The van der Waals surface area contributed by atoms with Crippen molar-refractivity contribution < 1.29 is 13.6 Å². The number of carbonyl (C=O) groups excluding carboxylic acids is 1. The number of hydrogen-bond acceptors (Lipinski definition) is 2. The van der Waals surface area contributed by atoms with Crippen LogP contribution in [-0.4, -0.2) is 12.5 Å². The molecule has 0 aliphatic carbocycles. The average molecular weight is 313 g/mol. The molecular formula is C19H20FNO2. The summed E-state index contributed by atoms with van der Waals surface area (Å²) in [6.07, 6.45) is 5.68. The van der Waals surface area contributed by atoms with Gasteiger partial charge in [-0.15, -0.1) is 6.58 Å². The van der Waals surface area contributed by atoms with Gasteiger partial charge in [0.1, 0.15) is 11.6 Å². The average Bonchev–Trinajstić information content (AvgIpc) is 2.83. The Hall–Kier alpha value is -2.62. The summed E-state index contributed by atoms with van der Waals surface area (Å²) in [4.78, 5) is 12.0. The molecule has 1 aromatic heterocycles. The van der Waals surface area contributed by atoms with Crippen LogP contribution in [0.2, 0.25) is 0 Å². The number of nitrogens with one attached hydrogen (secondary N) is 1. The summed E-state index contributed by atoms with van der Waals surface area (Å²) in [6, 6.07) is 6.65. The van der Waals surface area contributed by atoms with Crippen molar-refractivity contribution in [1.82, 2.24) is 5.32 Å². The fourth-order valence-electron chi connectivity index (χ4n) is 2.20. The lowest BCUT2D eigenvalue weighted by atomic mass is 10.1. The van der Waals surface area contributed by atoms with Crippen molar-refractivity contribution in [2.45, 2.75) is 20.3 Å². The lowest BCUT2D eigenvalue weighted by Gasteiger charge is -1.99. The van der Waals surface area contributed by atoms with Gasteiger partial charge < -0.3 is 9.73 Å². The molecule has 2 rings (SSSR count). The highest BCUT2D eigenvalue weighted by molar-refractivity contribution is 5.93. The quantitative estimate of drug-likeness (QED) is 0.812. The predicted octanol–water partition coefficient (Wildman–Crippen LogP) is 4.21. The molecule has 1 N–H and O–H groups in total. The van der Waals surface area contributed by atoms with Crippen molar-refractivity contribution in [2.24, 2.45) is 0 Å². The molecule has 23 heavy (non-hydrogen) atoms. The van der Waals surface area contributed by atoms with E-state index in [-0.39, 0.29) is 11.7 Å². The highest BCUT2D eigenvalue weighted by atomic mass is 19.1. The fraction of sp³-hybridized carbons (Fsp3) is 0.211. The Labute approximate surface area is 135 Å². The largest absolute Gasteiger partial charge is 0.451 e. The molecule has 0 radical (unpaired) electrons. The molecular weight excluding hydrogens is 293 g/mol. The second-order valence-electron chi connectivity index (χ2n) is 5.24. The fourth-order valence-corrected chi connectivity index (χ4v) is 2.20. The Bertz CT molecular complexity index is 744. The van der Waals surface area contributed by atoms with Crippen LogP contribution < -0.4 is 5.32 Å². The van der Waals surface area contributed by atoms with Crippen molar-refractivity contribution in [3.63, 3.8) is 0 Å². The highest BCUT2D eigenvalue weighted by Gasteiger charge is 2.17. The Kier molecular flexibility index (Phi) is 5.52. The normalized spacial score (nSPS) is 10.9. The molecule has 4 heteroatoms. The summed E-state index contributed by atoms with van der Waals surface area (Å²) < 4.78 is 19.2. The van der Waals surface area contributed by atoms with Gasteiger partial charge in [-0.3, -0.25) is 4.79 Å². The van der Waals surface area contributed by atoms with Crippen LogP contribution >= 0.6 is 0 Å². The summed E-state index contributed by atoms with van der Waals surface area (Å²) in [5.41, 5.74) is 2.32. The molecule has 0 saturated carbocycles. The second-order valence-corrected chi connectivity index (χ2v) is 5.24. The first-order valence-electron chi connectivity index (χ1n) is 7.43. The maximum Gasteiger partial charge on any atom is 0.287 e. The van der Waals surface area contributed by atoms with Gasteiger partial charge in [-0.1, -0.05) is 30.4 Å². The minimum absolute atomic E-state index is 0.228. The van der Waals surface area contributed by atoms with E-state index in [1.807, 2.05) is 19.9 Å². The molecule has 1 aromatic carbocycles. The van der Waals surface area contributed by atoms with Crippen LogP contribution in [0.1, 0.15) is 33.0 Å². The molecule has 0 saturated heterocycles. The Morgan fingerprint density at radius 2 is 2.04 bits per heavy atom. The van der Waals surface area contributed by atoms with Crippen molar-refractivity contribution in [1.29, 1.82) is 0 Å².